The van der Waals surface area contributed by atoms with Crippen LogP contribution in [-0.2, 0) is 4.79 Å². The van der Waals surface area contributed by atoms with Crippen molar-refractivity contribution in [1.82, 2.24) is 15.5 Å². The average molecular weight is 541 g/mol. The van der Waals surface area contributed by atoms with Gasteiger partial charge in [0.1, 0.15) is 5.82 Å². The van der Waals surface area contributed by atoms with Crippen molar-refractivity contribution in [2.24, 2.45) is 17.6 Å². The molecule has 39 heavy (non-hydrogen) atoms. The van der Waals surface area contributed by atoms with Crippen LogP contribution in [0, 0.1) is 24.6 Å². The van der Waals surface area contributed by atoms with Crippen molar-refractivity contribution in [1.29, 1.82) is 0 Å². The number of carbonyl (C=O) groups excluding carboxylic acids is 3. The van der Waals surface area contributed by atoms with Crippen LogP contribution in [0.1, 0.15) is 79.2 Å². The minimum Gasteiger partial charge on any atom is -0.356 e. The molecule has 2 aromatic rings. The maximum absolute atomic E-state index is 12.8. The van der Waals surface area contributed by atoms with Gasteiger partial charge in [0.05, 0.1) is 0 Å². The summed E-state index contributed by atoms with van der Waals surface area (Å²) in [6.45, 7) is 10.3. The Balaban J connectivity index is 0.000000568. The van der Waals surface area contributed by atoms with E-state index in [0.29, 0.717) is 36.6 Å². The van der Waals surface area contributed by atoms with Gasteiger partial charge < -0.3 is 21.3 Å². The molecule has 1 aliphatic rings. The molecule has 0 aromatic heterocycles. The third-order valence-electron chi connectivity index (χ3n) is 6.55. The number of hydrogen-bond donors (Lipinski definition) is 3. The summed E-state index contributed by atoms with van der Waals surface area (Å²) in [7, 11) is 0. The average Bonchev–Trinajstić information content (AvgIpc) is 3.76. The van der Waals surface area contributed by atoms with Crippen LogP contribution >= 0.6 is 0 Å². The predicted octanol–water partition coefficient (Wildman–Crippen LogP) is 4.69. The lowest BCUT2D eigenvalue weighted by Gasteiger charge is -2.21. The lowest BCUT2D eigenvalue weighted by Crippen LogP contribution is -2.41. The van der Waals surface area contributed by atoms with Crippen LogP contribution in [0.2, 0.25) is 0 Å². The smallest absolute Gasteiger partial charge is 0.253 e. The zero-order valence-corrected chi connectivity index (χ0v) is 23.8. The SMILES string of the molecule is CCCN(CCC)C(=O)c1cccc(C(=O)NCC(N)CC(C)C(=O)NCC2CC2)c1.Cc1ccc(F)cc1. The maximum atomic E-state index is 12.8. The van der Waals surface area contributed by atoms with Gasteiger partial charge in [-0.3, -0.25) is 14.4 Å². The van der Waals surface area contributed by atoms with E-state index in [9.17, 15) is 18.8 Å². The summed E-state index contributed by atoms with van der Waals surface area (Å²) in [5.74, 6) is -0.0359. The molecule has 0 radical (unpaired) electrons. The van der Waals surface area contributed by atoms with Gasteiger partial charge in [0, 0.05) is 49.3 Å². The molecule has 0 spiro atoms. The van der Waals surface area contributed by atoms with Gasteiger partial charge in [0.15, 0.2) is 0 Å². The number of rotatable bonds is 13. The van der Waals surface area contributed by atoms with Crippen molar-refractivity contribution < 1.29 is 18.8 Å². The Bertz CT molecular complexity index is 1030. The van der Waals surface area contributed by atoms with Crippen molar-refractivity contribution in [3.05, 3.63) is 71.0 Å². The Morgan fingerprint density at radius 1 is 1.00 bits per heavy atom. The Labute approximate surface area is 232 Å². The summed E-state index contributed by atoms with van der Waals surface area (Å²) >= 11 is 0. The molecule has 2 aromatic carbocycles. The Morgan fingerprint density at radius 2 is 1.62 bits per heavy atom. The number of nitrogens with one attached hydrogen (secondary N) is 2. The topological polar surface area (TPSA) is 105 Å². The van der Waals surface area contributed by atoms with Crippen molar-refractivity contribution in [3.63, 3.8) is 0 Å². The first kappa shape index (κ1) is 32.0. The molecule has 0 bridgehead atoms. The number of halogens is 1. The van der Waals surface area contributed by atoms with Crippen LogP contribution in [0.3, 0.4) is 0 Å². The number of carbonyl (C=O) groups is 3. The lowest BCUT2D eigenvalue weighted by molar-refractivity contribution is -0.124. The molecule has 214 valence electrons. The summed E-state index contributed by atoms with van der Waals surface area (Å²) in [6, 6.07) is 12.9. The van der Waals surface area contributed by atoms with Gasteiger partial charge in [0.25, 0.3) is 11.8 Å². The zero-order valence-electron chi connectivity index (χ0n) is 23.8. The highest BCUT2D eigenvalue weighted by Crippen LogP contribution is 2.27. The van der Waals surface area contributed by atoms with Crippen molar-refractivity contribution in [2.45, 2.75) is 65.8 Å². The number of amides is 3. The fourth-order valence-electron chi connectivity index (χ4n) is 4.08. The Kier molecular flexibility index (Phi) is 13.6. The van der Waals surface area contributed by atoms with Crippen LogP contribution in [0.5, 0.6) is 0 Å². The largest absolute Gasteiger partial charge is 0.356 e. The van der Waals surface area contributed by atoms with Crippen molar-refractivity contribution in [2.75, 3.05) is 26.2 Å². The summed E-state index contributed by atoms with van der Waals surface area (Å²) < 4.78 is 12.1. The standard InChI is InChI=1S/C24H38N4O3.C7H7F/c1-4-11-28(12-5-2)24(31)20-8-6-7-19(14-20)23(30)27-16-21(25)13-17(3)22(29)26-15-18-9-10-18;1-6-2-4-7(8)5-3-6/h6-8,14,17-18,21H,4-5,9-13,15-16,25H2,1-3H3,(H,26,29)(H,27,30);2-5H,1H3. The van der Waals surface area contributed by atoms with Gasteiger partial charge in [-0.15, -0.1) is 0 Å². The molecule has 8 heteroatoms. The molecule has 2 atom stereocenters. The summed E-state index contributed by atoms with van der Waals surface area (Å²) in [6.07, 6.45) is 4.67. The summed E-state index contributed by atoms with van der Waals surface area (Å²) in [5, 5.41) is 5.79. The normalized spacial score (nSPS) is 13.9. The Morgan fingerprint density at radius 3 is 2.18 bits per heavy atom. The molecule has 3 amide bonds. The molecule has 2 unspecified atom stereocenters. The lowest BCUT2D eigenvalue weighted by atomic mass is 10.0. The van der Waals surface area contributed by atoms with Crippen LogP contribution in [0.15, 0.2) is 48.5 Å². The molecular weight excluding hydrogens is 495 g/mol. The van der Waals surface area contributed by atoms with E-state index in [1.165, 1.54) is 25.0 Å². The highest BCUT2D eigenvalue weighted by molar-refractivity contribution is 5.99. The number of nitrogens with zero attached hydrogens (tertiary/aromatic N) is 1. The van der Waals surface area contributed by atoms with Gasteiger partial charge in [0.2, 0.25) is 5.91 Å². The monoisotopic (exact) mass is 540 g/mol. The molecule has 0 heterocycles. The second kappa shape index (κ2) is 16.6. The van der Waals surface area contributed by atoms with Crippen LogP contribution < -0.4 is 16.4 Å². The van der Waals surface area contributed by atoms with Gasteiger partial charge in [-0.25, -0.2) is 4.39 Å². The second-order valence-electron chi connectivity index (χ2n) is 10.5. The first-order valence-electron chi connectivity index (χ1n) is 14.1. The van der Waals surface area contributed by atoms with Crippen molar-refractivity contribution in [3.8, 4) is 0 Å². The van der Waals surface area contributed by atoms with Crippen LogP contribution in [0.25, 0.3) is 0 Å². The van der Waals surface area contributed by atoms with E-state index in [0.717, 1.165) is 24.9 Å². The molecular formula is C31H45FN4O3. The number of hydrogen-bond acceptors (Lipinski definition) is 4. The quantitative estimate of drug-likeness (QED) is 0.343. The third kappa shape index (κ3) is 12.0. The van der Waals surface area contributed by atoms with E-state index in [1.54, 1.807) is 36.4 Å². The predicted molar refractivity (Wildman–Crippen MR) is 154 cm³/mol. The maximum Gasteiger partial charge on any atom is 0.253 e. The third-order valence-corrected chi connectivity index (χ3v) is 6.55. The van der Waals surface area contributed by atoms with Gasteiger partial charge in [-0.2, -0.15) is 0 Å². The second-order valence-corrected chi connectivity index (χ2v) is 10.5. The molecule has 1 fully saturated rings. The molecule has 3 rings (SSSR count). The highest BCUT2D eigenvalue weighted by Gasteiger charge is 2.24. The zero-order chi connectivity index (χ0) is 28.8. The number of nitrogens with two attached hydrogens (primary N) is 1. The first-order chi connectivity index (χ1) is 18.6. The molecule has 0 saturated heterocycles. The molecule has 1 aliphatic carbocycles. The van der Waals surface area contributed by atoms with E-state index in [-0.39, 0.29) is 42.0 Å². The van der Waals surface area contributed by atoms with E-state index in [2.05, 4.69) is 10.6 Å². The molecule has 7 nitrogen and oxygen atoms in total. The highest BCUT2D eigenvalue weighted by atomic mass is 19.1. The minimum atomic E-state index is -0.319. The molecule has 4 N–H and O–H groups in total. The summed E-state index contributed by atoms with van der Waals surface area (Å²) in [4.78, 5) is 39.3. The molecule has 0 aliphatic heterocycles. The van der Waals surface area contributed by atoms with E-state index in [1.807, 2.05) is 32.6 Å². The summed E-state index contributed by atoms with van der Waals surface area (Å²) in [5.41, 5.74) is 8.17. The van der Waals surface area contributed by atoms with E-state index in [4.69, 9.17) is 5.73 Å². The number of aryl methyl sites for hydroxylation is 1. The van der Waals surface area contributed by atoms with Crippen molar-refractivity contribution >= 4 is 17.7 Å². The van der Waals surface area contributed by atoms with E-state index < -0.39 is 0 Å². The number of benzene rings is 2. The fourth-order valence-corrected chi connectivity index (χ4v) is 4.08. The van der Waals surface area contributed by atoms with Gasteiger partial charge in [-0.05, 0) is 75.3 Å². The first-order valence-corrected chi connectivity index (χ1v) is 14.1. The van der Waals surface area contributed by atoms with Gasteiger partial charge in [-0.1, -0.05) is 44.5 Å². The fraction of sp³-hybridized carbons (Fsp3) is 0.516. The van der Waals surface area contributed by atoms with Crippen LogP contribution in [-0.4, -0.2) is 54.8 Å². The van der Waals surface area contributed by atoms with Gasteiger partial charge >= 0.3 is 0 Å². The molecule has 1 saturated carbocycles. The minimum absolute atomic E-state index is 0.0172. The van der Waals surface area contributed by atoms with E-state index >= 15 is 0 Å². The Hall–Kier alpha value is -3.26. The van der Waals surface area contributed by atoms with Crippen LogP contribution in [0.4, 0.5) is 4.39 Å².